The lowest BCUT2D eigenvalue weighted by Crippen LogP contribution is -2.37. The highest BCUT2D eigenvalue weighted by Crippen LogP contribution is 2.25. The van der Waals surface area contributed by atoms with Crippen molar-refractivity contribution < 1.29 is 13.2 Å². The van der Waals surface area contributed by atoms with E-state index in [1.807, 2.05) is 18.4 Å². The summed E-state index contributed by atoms with van der Waals surface area (Å²) in [6.07, 6.45) is 2.99. The Kier molecular flexibility index (Phi) is 6.31. The van der Waals surface area contributed by atoms with Gasteiger partial charge in [-0.3, -0.25) is 9.10 Å². The molecule has 24 heavy (non-hydrogen) atoms. The number of halogens is 1. The Morgan fingerprint density at radius 3 is 2.54 bits per heavy atom. The van der Waals surface area contributed by atoms with E-state index in [1.54, 1.807) is 36.4 Å². The molecule has 0 unspecified atom stereocenters. The van der Waals surface area contributed by atoms with Crippen molar-refractivity contribution in [1.82, 2.24) is 0 Å². The Balaban J connectivity index is 2.23. The number of hydrogen-bond donors (Lipinski definition) is 1. The summed E-state index contributed by atoms with van der Waals surface area (Å²) in [7, 11) is -3.59. The summed E-state index contributed by atoms with van der Waals surface area (Å²) in [5, 5.41) is 2.71. The molecular weight excluding hydrogens is 412 g/mol. The van der Waals surface area contributed by atoms with Crippen molar-refractivity contribution in [2.45, 2.75) is 4.90 Å². The molecule has 0 spiro atoms. The average Bonchev–Trinajstić information content (AvgIpc) is 2.54. The standard InChI is InChI=1S/C16H17BrN2O3S2/c1-23-13-7-5-6-12(10-13)19(24(2,21)22)11-16(20)18-15-9-4-3-8-14(15)17/h3-10H,11H2,1-2H3,(H,18,20). The number of nitrogens with zero attached hydrogens (tertiary/aromatic N) is 1. The van der Waals surface area contributed by atoms with E-state index in [1.165, 1.54) is 11.8 Å². The smallest absolute Gasteiger partial charge is 0.245 e. The van der Waals surface area contributed by atoms with Gasteiger partial charge in [-0.1, -0.05) is 18.2 Å². The van der Waals surface area contributed by atoms with Crippen LogP contribution in [0.15, 0.2) is 57.9 Å². The Hall–Kier alpha value is -1.51. The Morgan fingerprint density at radius 2 is 1.92 bits per heavy atom. The molecule has 1 N–H and O–H groups in total. The maximum absolute atomic E-state index is 12.3. The molecule has 0 saturated carbocycles. The number of carbonyl (C=O) groups excluding carboxylic acids is 1. The molecule has 2 rings (SSSR count). The lowest BCUT2D eigenvalue weighted by Gasteiger charge is -2.22. The van der Waals surface area contributed by atoms with Crippen molar-refractivity contribution in [1.29, 1.82) is 0 Å². The molecule has 0 fully saturated rings. The van der Waals surface area contributed by atoms with Crippen molar-refractivity contribution >= 4 is 55.0 Å². The highest BCUT2D eigenvalue weighted by molar-refractivity contribution is 9.10. The summed E-state index contributed by atoms with van der Waals surface area (Å²) in [6.45, 7) is -0.294. The van der Waals surface area contributed by atoms with Gasteiger partial charge >= 0.3 is 0 Å². The van der Waals surface area contributed by atoms with Gasteiger partial charge in [0.2, 0.25) is 15.9 Å². The van der Waals surface area contributed by atoms with E-state index in [2.05, 4.69) is 21.2 Å². The van der Waals surface area contributed by atoms with E-state index in [9.17, 15) is 13.2 Å². The van der Waals surface area contributed by atoms with Crippen molar-refractivity contribution in [3.63, 3.8) is 0 Å². The molecule has 0 saturated heterocycles. The molecule has 8 heteroatoms. The number of amides is 1. The zero-order valence-corrected chi connectivity index (χ0v) is 16.4. The summed E-state index contributed by atoms with van der Waals surface area (Å²) >= 11 is 4.85. The summed E-state index contributed by atoms with van der Waals surface area (Å²) in [6, 6.07) is 14.2. The van der Waals surface area contributed by atoms with Crippen LogP contribution in [0, 0.1) is 0 Å². The van der Waals surface area contributed by atoms with E-state index in [-0.39, 0.29) is 6.54 Å². The molecule has 0 aliphatic carbocycles. The molecule has 0 atom stereocenters. The topological polar surface area (TPSA) is 66.5 Å². The lowest BCUT2D eigenvalue weighted by atomic mass is 10.3. The van der Waals surface area contributed by atoms with E-state index < -0.39 is 15.9 Å². The Morgan fingerprint density at radius 1 is 1.21 bits per heavy atom. The summed E-state index contributed by atoms with van der Waals surface area (Å²) in [5.74, 6) is -0.415. The van der Waals surface area contributed by atoms with E-state index in [0.717, 1.165) is 19.9 Å². The minimum Gasteiger partial charge on any atom is -0.323 e. The minimum atomic E-state index is -3.59. The number of carbonyl (C=O) groups is 1. The van der Waals surface area contributed by atoms with E-state index >= 15 is 0 Å². The maximum Gasteiger partial charge on any atom is 0.245 e. The van der Waals surface area contributed by atoms with Gasteiger partial charge in [0.25, 0.3) is 0 Å². The minimum absolute atomic E-state index is 0.294. The highest BCUT2D eigenvalue weighted by Gasteiger charge is 2.21. The van der Waals surface area contributed by atoms with Gasteiger partial charge in [-0.05, 0) is 52.5 Å². The second-order valence-corrected chi connectivity index (χ2v) is 8.64. The van der Waals surface area contributed by atoms with Crippen LogP contribution in [-0.2, 0) is 14.8 Å². The number of thioether (sulfide) groups is 1. The fraction of sp³-hybridized carbons (Fsp3) is 0.188. The maximum atomic E-state index is 12.3. The molecule has 0 bridgehead atoms. The average molecular weight is 429 g/mol. The van der Waals surface area contributed by atoms with Gasteiger partial charge in [-0.15, -0.1) is 11.8 Å². The fourth-order valence-corrected chi connectivity index (χ4v) is 3.73. The molecule has 0 radical (unpaired) electrons. The highest BCUT2D eigenvalue weighted by atomic mass is 79.9. The number of anilines is 2. The number of para-hydroxylation sites is 1. The predicted octanol–water partition coefficient (Wildman–Crippen LogP) is 3.58. The first-order valence-corrected chi connectivity index (χ1v) is 10.8. The van der Waals surface area contributed by atoms with Gasteiger partial charge in [0.1, 0.15) is 6.54 Å². The fourth-order valence-electron chi connectivity index (χ4n) is 2.05. The third-order valence-electron chi connectivity index (χ3n) is 3.18. The molecule has 5 nitrogen and oxygen atoms in total. The summed E-state index contributed by atoms with van der Waals surface area (Å²) in [4.78, 5) is 13.2. The summed E-state index contributed by atoms with van der Waals surface area (Å²) < 4.78 is 26.1. The van der Waals surface area contributed by atoms with Gasteiger partial charge in [0.05, 0.1) is 17.6 Å². The van der Waals surface area contributed by atoms with Crippen LogP contribution in [0.3, 0.4) is 0 Å². The molecule has 0 heterocycles. The quantitative estimate of drug-likeness (QED) is 0.713. The number of sulfonamides is 1. The number of benzene rings is 2. The number of hydrogen-bond acceptors (Lipinski definition) is 4. The molecule has 2 aromatic carbocycles. The zero-order chi connectivity index (χ0) is 17.7. The van der Waals surface area contributed by atoms with Crippen LogP contribution in [0.1, 0.15) is 0 Å². The summed E-state index contributed by atoms with van der Waals surface area (Å²) in [5.41, 5.74) is 1.06. The lowest BCUT2D eigenvalue weighted by molar-refractivity contribution is -0.114. The largest absolute Gasteiger partial charge is 0.323 e. The molecule has 128 valence electrons. The first kappa shape index (κ1) is 18.8. The van der Waals surface area contributed by atoms with Crippen LogP contribution in [0.25, 0.3) is 0 Å². The van der Waals surface area contributed by atoms with Crippen molar-refractivity contribution in [3.05, 3.63) is 53.0 Å². The van der Waals surface area contributed by atoms with Crippen LogP contribution >= 0.6 is 27.7 Å². The van der Waals surface area contributed by atoms with Crippen molar-refractivity contribution in [2.75, 3.05) is 28.7 Å². The Bertz CT molecular complexity index is 841. The third kappa shape index (κ3) is 4.99. The molecule has 0 aliphatic heterocycles. The zero-order valence-electron chi connectivity index (χ0n) is 13.2. The molecule has 0 aliphatic rings. The SMILES string of the molecule is CSc1cccc(N(CC(=O)Nc2ccccc2Br)S(C)(=O)=O)c1. The van der Waals surface area contributed by atoms with Crippen LogP contribution in [-0.4, -0.2) is 33.4 Å². The van der Waals surface area contributed by atoms with Gasteiger partial charge < -0.3 is 5.32 Å². The van der Waals surface area contributed by atoms with Gasteiger partial charge in [-0.2, -0.15) is 0 Å². The Labute approximate surface area is 154 Å². The van der Waals surface area contributed by atoms with E-state index in [4.69, 9.17) is 0 Å². The van der Waals surface area contributed by atoms with Gasteiger partial charge in [-0.25, -0.2) is 8.42 Å². The monoisotopic (exact) mass is 428 g/mol. The second kappa shape index (κ2) is 8.04. The molecule has 0 aromatic heterocycles. The van der Waals surface area contributed by atoms with Crippen LogP contribution in [0.4, 0.5) is 11.4 Å². The van der Waals surface area contributed by atoms with Gasteiger partial charge in [0.15, 0.2) is 0 Å². The molecule has 1 amide bonds. The van der Waals surface area contributed by atoms with Crippen LogP contribution in [0.2, 0.25) is 0 Å². The third-order valence-corrected chi connectivity index (χ3v) is 5.73. The van der Waals surface area contributed by atoms with Crippen LogP contribution in [0.5, 0.6) is 0 Å². The van der Waals surface area contributed by atoms with E-state index in [0.29, 0.717) is 11.4 Å². The predicted molar refractivity (Wildman–Crippen MR) is 103 cm³/mol. The second-order valence-electron chi connectivity index (χ2n) is 5.00. The molecular formula is C16H17BrN2O3S2. The van der Waals surface area contributed by atoms with Crippen LogP contribution < -0.4 is 9.62 Å². The van der Waals surface area contributed by atoms with Gasteiger partial charge in [0, 0.05) is 9.37 Å². The van der Waals surface area contributed by atoms with Crippen molar-refractivity contribution in [2.24, 2.45) is 0 Å². The molecule has 2 aromatic rings. The normalized spacial score (nSPS) is 11.1. The van der Waals surface area contributed by atoms with Crippen molar-refractivity contribution in [3.8, 4) is 0 Å². The first-order chi connectivity index (χ1) is 11.3. The number of rotatable bonds is 6. The number of nitrogens with one attached hydrogen (secondary N) is 1. The first-order valence-electron chi connectivity index (χ1n) is 6.97.